The van der Waals surface area contributed by atoms with Gasteiger partial charge in [0.15, 0.2) is 0 Å². The average molecular weight is 373 g/mol. The van der Waals surface area contributed by atoms with Gasteiger partial charge in [0.1, 0.15) is 5.84 Å². The third kappa shape index (κ3) is 3.03. The van der Waals surface area contributed by atoms with Crippen LogP contribution >= 0.6 is 0 Å². The molecule has 1 amide bonds. The lowest BCUT2D eigenvalue weighted by molar-refractivity contribution is 0.0963. The largest absolute Gasteiger partial charge is 0.384 e. The molecule has 5 N–H and O–H groups in total. The standard InChI is InChI=1S/C21H19N5O2/c1-24-20(27)15-6-7-18-17(10-15)25-21(28)26(18)11-12-2-3-13-4-5-14(19(22)23)9-16(13)8-12/h2-10H,11H2,1H3,(H3,22,23)(H,24,27)(H,25,28). The number of aromatic amines is 1. The zero-order chi connectivity index (χ0) is 19.8. The Bertz CT molecular complexity index is 1300. The SMILES string of the molecule is CNC(=O)c1ccc2c(c1)[nH]c(=O)n2Cc1ccc2ccc(C(=N)N)cc2c1. The van der Waals surface area contributed by atoms with E-state index in [1.807, 2.05) is 36.4 Å². The summed E-state index contributed by atoms with van der Waals surface area (Å²) in [5, 5.41) is 12.2. The minimum atomic E-state index is -0.235. The Morgan fingerprint density at radius 2 is 1.82 bits per heavy atom. The molecule has 140 valence electrons. The van der Waals surface area contributed by atoms with Gasteiger partial charge in [-0.3, -0.25) is 14.8 Å². The molecular formula is C21H19N5O2. The molecule has 7 heteroatoms. The lowest BCUT2D eigenvalue weighted by Gasteiger charge is -2.07. The molecule has 0 bridgehead atoms. The second-order valence-corrected chi connectivity index (χ2v) is 6.64. The fraction of sp³-hybridized carbons (Fsp3) is 0.0952. The molecule has 0 spiro atoms. The predicted octanol–water partition coefficient (Wildman–Crippen LogP) is 2.17. The number of rotatable bonds is 4. The Hall–Kier alpha value is -3.87. The molecular weight excluding hydrogens is 354 g/mol. The smallest absolute Gasteiger partial charge is 0.326 e. The first-order chi connectivity index (χ1) is 13.5. The Labute approximate surface area is 160 Å². The number of nitrogens with one attached hydrogen (secondary N) is 3. The van der Waals surface area contributed by atoms with E-state index in [1.165, 1.54) is 0 Å². The number of amides is 1. The molecule has 0 radical (unpaired) electrons. The van der Waals surface area contributed by atoms with Crippen LogP contribution in [0, 0.1) is 5.41 Å². The number of nitrogens with zero attached hydrogens (tertiary/aromatic N) is 1. The van der Waals surface area contributed by atoms with Crippen molar-refractivity contribution in [2.75, 3.05) is 7.05 Å². The molecule has 4 rings (SSSR count). The van der Waals surface area contributed by atoms with E-state index in [-0.39, 0.29) is 17.4 Å². The average Bonchev–Trinajstić information content (AvgIpc) is 3.01. The topological polar surface area (TPSA) is 117 Å². The zero-order valence-corrected chi connectivity index (χ0v) is 15.2. The number of amidine groups is 1. The van der Waals surface area contributed by atoms with Crippen LogP contribution in [0.3, 0.4) is 0 Å². The van der Waals surface area contributed by atoms with Gasteiger partial charge in [-0.1, -0.05) is 24.3 Å². The summed E-state index contributed by atoms with van der Waals surface area (Å²) in [6.07, 6.45) is 0. The third-order valence-corrected chi connectivity index (χ3v) is 4.82. The van der Waals surface area contributed by atoms with E-state index in [0.717, 1.165) is 21.9 Å². The van der Waals surface area contributed by atoms with Gasteiger partial charge >= 0.3 is 5.69 Å². The minimum absolute atomic E-state index is 0.0204. The van der Waals surface area contributed by atoms with Crippen molar-refractivity contribution < 1.29 is 4.79 Å². The van der Waals surface area contributed by atoms with E-state index in [2.05, 4.69) is 10.3 Å². The number of nitrogen functional groups attached to an aromatic ring is 1. The van der Waals surface area contributed by atoms with Gasteiger partial charge in [0.05, 0.1) is 17.6 Å². The quantitative estimate of drug-likeness (QED) is 0.324. The van der Waals surface area contributed by atoms with Crippen LogP contribution in [0.1, 0.15) is 21.5 Å². The van der Waals surface area contributed by atoms with Crippen molar-refractivity contribution in [2.45, 2.75) is 6.54 Å². The highest BCUT2D eigenvalue weighted by atomic mass is 16.2. The summed E-state index contributed by atoms with van der Waals surface area (Å²) in [5.41, 5.74) is 8.80. The van der Waals surface area contributed by atoms with Gasteiger partial charge in [-0.05, 0) is 46.7 Å². The van der Waals surface area contributed by atoms with Crippen molar-refractivity contribution >= 4 is 33.5 Å². The van der Waals surface area contributed by atoms with Crippen molar-refractivity contribution in [1.82, 2.24) is 14.9 Å². The number of fused-ring (bicyclic) bond motifs is 2. The number of imidazole rings is 1. The van der Waals surface area contributed by atoms with Crippen LogP contribution in [0.2, 0.25) is 0 Å². The second-order valence-electron chi connectivity index (χ2n) is 6.64. The first-order valence-electron chi connectivity index (χ1n) is 8.78. The van der Waals surface area contributed by atoms with Gasteiger partial charge in [0.2, 0.25) is 0 Å². The first-order valence-corrected chi connectivity index (χ1v) is 8.78. The van der Waals surface area contributed by atoms with Crippen LogP contribution < -0.4 is 16.7 Å². The molecule has 0 fully saturated rings. The molecule has 0 aliphatic carbocycles. The molecule has 28 heavy (non-hydrogen) atoms. The van der Waals surface area contributed by atoms with Gasteiger partial charge in [-0.15, -0.1) is 0 Å². The second kappa shape index (κ2) is 6.70. The van der Waals surface area contributed by atoms with Crippen molar-refractivity contribution in [3.05, 3.63) is 81.8 Å². The number of carbonyl (C=O) groups excluding carboxylic acids is 1. The summed E-state index contributed by atoms with van der Waals surface area (Å²) >= 11 is 0. The number of carbonyl (C=O) groups is 1. The van der Waals surface area contributed by atoms with Crippen LogP contribution in [0.4, 0.5) is 0 Å². The Balaban J connectivity index is 1.75. The highest BCUT2D eigenvalue weighted by Crippen LogP contribution is 2.20. The van der Waals surface area contributed by atoms with Gasteiger partial charge in [-0.25, -0.2) is 4.79 Å². The summed E-state index contributed by atoms with van der Waals surface area (Å²) < 4.78 is 1.64. The van der Waals surface area contributed by atoms with Crippen molar-refractivity contribution in [2.24, 2.45) is 5.73 Å². The summed E-state index contributed by atoms with van der Waals surface area (Å²) in [7, 11) is 1.57. The van der Waals surface area contributed by atoms with Crippen LogP contribution in [0.15, 0.2) is 59.4 Å². The van der Waals surface area contributed by atoms with E-state index in [4.69, 9.17) is 11.1 Å². The molecule has 0 saturated carbocycles. The molecule has 7 nitrogen and oxygen atoms in total. The molecule has 1 heterocycles. The highest BCUT2D eigenvalue weighted by molar-refractivity contribution is 5.99. The number of benzene rings is 3. The van der Waals surface area contributed by atoms with E-state index in [0.29, 0.717) is 23.2 Å². The molecule has 0 aliphatic heterocycles. The highest BCUT2D eigenvalue weighted by Gasteiger charge is 2.11. The summed E-state index contributed by atoms with van der Waals surface area (Å²) in [4.78, 5) is 27.1. The molecule has 0 atom stereocenters. The maximum Gasteiger partial charge on any atom is 0.326 e. The van der Waals surface area contributed by atoms with Crippen molar-refractivity contribution in [1.29, 1.82) is 5.41 Å². The number of nitrogens with two attached hydrogens (primary N) is 1. The number of aromatic nitrogens is 2. The molecule has 0 aliphatic rings. The lowest BCUT2D eigenvalue weighted by Crippen LogP contribution is -2.17. The predicted molar refractivity (Wildman–Crippen MR) is 110 cm³/mol. The third-order valence-electron chi connectivity index (χ3n) is 4.82. The van der Waals surface area contributed by atoms with E-state index in [1.54, 1.807) is 29.8 Å². The van der Waals surface area contributed by atoms with Crippen LogP contribution in [-0.2, 0) is 6.54 Å². The molecule has 1 aromatic heterocycles. The fourth-order valence-corrected chi connectivity index (χ4v) is 3.35. The van der Waals surface area contributed by atoms with Gasteiger partial charge < -0.3 is 16.0 Å². The normalized spacial score (nSPS) is 11.0. The minimum Gasteiger partial charge on any atom is -0.384 e. The molecule has 3 aromatic carbocycles. The maximum atomic E-state index is 12.5. The molecule has 0 saturated heterocycles. The summed E-state index contributed by atoms with van der Waals surface area (Å²) in [6.45, 7) is 0.387. The maximum absolute atomic E-state index is 12.5. The van der Waals surface area contributed by atoms with E-state index in [9.17, 15) is 9.59 Å². The summed E-state index contributed by atoms with van der Waals surface area (Å²) in [5.74, 6) is -0.182. The van der Waals surface area contributed by atoms with E-state index < -0.39 is 0 Å². The Morgan fingerprint density at radius 3 is 2.57 bits per heavy atom. The lowest BCUT2D eigenvalue weighted by atomic mass is 10.0. The van der Waals surface area contributed by atoms with E-state index >= 15 is 0 Å². The van der Waals surface area contributed by atoms with Crippen molar-refractivity contribution in [3.8, 4) is 0 Å². The van der Waals surface area contributed by atoms with Crippen LogP contribution in [0.5, 0.6) is 0 Å². The number of hydrogen-bond acceptors (Lipinski definition) is 3. The van der Waals surface area contributed by atoms with Gasteiger partial charge in [0, 0.05) is 18.2 Å². The van der Waals surface area contributed by atoms with Gasteiger partial charge in [0.25, 0.3) is 5.91 Å². The first kappa shape index (κ1) is 17.5. The zero-order valence-electron chi connectivity index (χ0n) is 15.2. The fourth-order valence-electron chi connectivity index (χ4n) is 3.35. The monoisotopic (exact) mass is 373 g/mol. The molecule has 0 unspecified atom stereocenters. The van der Waals surface area contributed by atoms with Gasteiger partial charge in [-0.2, -0.15) is 0 Å². The Kier molecular flexibility index (Phi) is 4.19. The van der Waals surface area contributed by atoms with Crippen LogP contribution in [0.25, 0.3) is 21.8 Å². The summed E-state index contributed by atoms with van der Waals surface area (Å²) in [6, 6.07) is 16.7. The number of H-pyrrole nitrogens is 1. The van der Waals surface area contributed by atoms with Crippen LogP contribution in [-0.4, -0.2) is 28.3 Å². The Morgan fingerprint density at radius 1 is 1.07 bits per heavy atom. The molecule has 4 aromatic rings. The number of hydrogen-bond donors (Lipinski definition) is 4. The van der Waals surface area contributed by atoms with Crippen molar-refractivity contribution in [3.63, 3.8) is 0 Å².